The lowest BCUT2D eigenvalue weighted by molar-refractivity contribution is -0.205. The second-order valence-corrected chi connectivity index (χ2v) is 17.1. The standard InChI is InChI=1S/C34H45F3N6O3S2/c1-20-16-27-22(3)24(6-7-29(27)43(20)18-21(2)42-14-10-26(11-15-42)48(5,45)46)19-41-12-8-25(9-13-41)40-32-28-17-30(31(44)34(35,36)37)47-33(28)39-23(4)38-32/h6-7,16-17,21,25-26,31,44H,8-15,18-19H2,1-5H3,(H,38,39,40)/t21-,31?/m0/s1. The average Bonchev–Trinajstić information content (AvgIpc) is 3.59. The highest BCUT2D eigenvalue weighted by atomic mass is 32.2. The van der Waals surface area contributed by atoms with Crippen LogP contribution < -0.4 is 5.32 Å². The number of halogens is 3. The minimum Gasteiger partial charge on any atom is -0.379 e. The smallest absolute Gasteiger partial charge is 0.379 e. The summed E-state index contributed by atoms with van der Waals surface area (Å²) < 4.78 is 65.9. The predicted molar refractivity (Wildman–Crippen MR) is 185 cm³/mol. The SMILES string of the molecule is Cc1nc(NC2CCN(Cc3ccc4c(cc(C)n4C[C@H](C)N4CCC(S(C)(=O)=O)CC4)c3C)CC2)c2cc(C(O)C(F)(F)F)sc2n1. The van der Waals surface area contributed by atoms with Gasteiger partial charge in [-0.1, -0.05) is 6.07 Å². The molecule has 14 heteroatoms. The van der Waals surface area contributed by atoms with Gasteiger partial charge in [0.1, 0.15) is 26.3 Å². The van der Waals surface area contributed by atoms with E-state index in [2.05, 4.69) is 68.6 Å². The van der Waals surface area contributed by atoms with Gasteiger partial charge >= 0.3 is 6.18 Å². The molecular formula is C34H45F3N6O3S2. The minimum atomic E-state index is -4.74. The summed E-state index contributed by atoms with van der Waals surface area (Å²) in [6.45, 7) is 13.3. The number of sulfone groups is 1. The summed E-state index contributed by atoms with van der Waals surface area (Å²) in [6.07, 6.45) is -2.81. The third kappa shape index (κ3) is 7.37. The molecule has 0 saturated carbocycles. The summed E-state index contributed by atoms with van der Waals surface area (Å²) in [6, 6.07) is 8.52. The summed E-state index contributed by atoms with van der Waals surface area (Å²) in [5.41, 5.74) is 5.02. The van der Waals surface area contributed by atoms with Crippen LogP contribution >= 0.6 is 11.3 Å². The number of aliphatic hydroxyl groups is 1. The van der Waals surface area contributed by atoms with Gasteiger partial charge in [0.2, 0.25) is 0 Å². The van der Waals surface area contributed by atoms with Crippen LogP contribution in [0.1, 0.15) is 66.2 Å². The van der Waals surface area contributed by atoms with Crippen molar-refractivity contribution in [3.63, 3.8) is 0 Å². The molecular weight excluding hydrogens is 662 g/mol. The number of rotatable bonds is 9. The van der Waals surface area contributed by atoms with Gasteiger partial charge in [-0.3, -0.25) is 9.80 Å². The van der Waals surface area contributed by atoms with E-state index >= 15 is 0 Å². The molecule has 1 unspecified atom stereocenters. The van der Waals surface area contributed by atoms with Crippen molar-refractivity contribution in [1.29, 1.82) is 0 Å². The van der Waals surface area contributed by atoms with Crippen LogP contribution in [0, 0.1) is 20.8 Å². The molecule has 6 rings (SSSR count). The Kier molecular flexibility index (Phi) is 9.86. The lowest BCUT2D eigenvalue weighted by Gasteiger charge is -2.36. The van der Waals surface area contributed by atoms with Gasteiger partial charge in [0.25, 0.3) is 0 Å². The zero-order valence-corrected chi connectivity index (χ0v) is 29.8. The van der Waals surface area contributed by atoms with Crippen molar-refractivity contribution in [1.82, 2.24) is 24.3 Å². The van der Waals surface area contributed by atoms with Gasteiger partial charge in [0.15, 0.2) is 6.10 Å². The molecule has 1 aromatic carbocycles. The zero-order chi connectivity index (χ0) is 34.5. The molecule has 2 fully saturated rings. The van der Waals surface area contributed by atoms with E-state index in [1.807, 2.05) is 0 Å². The van der Waals surface area contributed by atoms with Crippen LogP contribution in [0.5, 0.6) is 0 Å². The van der Waals surface area contributed by atoms with Crippen LogP contribution in [-0.4, -0.2) is 93.8 Å². The molecule has 4 aromatic rings. The average molecular weight is 707 g/mol. The van der Waals surface area contributed by atoms with Gasteiger partial charge in [-0.15, -0.1) is 11.3 Å². The first-order chi connectivity index (χ1) is 22.6. The number of likely N-dealkylation sites (tertiary alicyclic amines) is 2. The van der Waals surface area contributed by atoms with Crippen LogP contribution in [-0.2, 0) is 22.9 Å². The van der Waals surface area contributed by atoms with Crippen molar-refractivity contribution in [3.05, 3.63) is 51.8 Å². The number of aliphatic hydroxyl groups excluding tert-OH is 1. The molecule has 0 bridgehead atoms. The highest BCUT2D eigenvalue weighted by molar-refractivity contribution is 7.91. The third-order valence-electron chi connectivity index (χ3n) is 10.3. The maximum absolute atomic E-state index is 13.2. The molecule has 48 heavy (non-hydrogen) atoms. The molecule has 9 nitrogen and oxygen atoms in total. The van der Waals surface area contributed by atoms with E-state index in [4.69, 9.17) is 0 Å². The van der Waals surface area contributed by atoms with Crippen LogP contribution in [0.15, 0.2) is 24.3 Å². The van der Waals surface area contributed by atoms with Crippen molar-refractivity contribution in [2.75, 3.05) is 37.8 Å². The van der Waals surface area contributed by atoms with Crippen molar-refractivity contribution in [2.45, 2.75) is 96.1 Å². The summed E-state index contributed by atoms with van der Waals surface area (Å²) in [5.74, 6) is 0.984. The lowest BCUT2D eigenvalue weighted by Crippen LogP contribution is -2.44. The zero-order valence-electron chi connectivity index (χ0n) is 28.1. The maximum Gasteiger partial charge on any atom is 0.419 e. The molecule has 0 amide bonds. The van der Waals surface area contributed by atoms with Crippen molar-refractivity contribution in [3.8, 4) is 0 Å². The topological polar surface area (TPSA) is 104 Å². The molecule has 2 saturated heterocycles. The number of thiophene rings is 1. The summed E-state index contributed by atoms with van der Waals surface area (Å²) >= 11 is 0.847. The number of anilines is 1. The highest BCUT2D eigenvalue weighted by Crippen LogP contribution is 2.40. The number of hydrogen-bond acceptors (Lipinski definition) is 9. The number of nitrogens with one attached hydrogen (secondary N) is 1. The number of fused-ring (bicyclic) bond motifs is 2. The number of alkyl halides is 3. The Balaban J connectivity index is 1.08. The first-order valence-electron chi connectivity index (χ1n) is 16.6. The van der Waals surface area contributed by atoms with E-state index in [0.717, 1.165) is 63.4 Å². The molecule has 0 radical (unpaired) electrons. The Morgan fingerprint density at radius 1 is 1.02 bits per heavy atom. The number of aromatic nitrogens is 3. The van der Waals surface area contributed by atoms with Gasteiger partial charge < -0.3 is 15.0 Å². The second kappa shape index (κ2) is 13.5. The molecule has 2 atom stereocenters. The second-order valence-electron chi connectivity index (χ2n) is 13.7. The largest absolute Gasteiger partial charge is 0.419 e. The maximum atomic E-state index is 13.2. The molecule has 3 aromatic heterocycles. The monoisotopic (exact) mass is 706 g/mol. The van der Waals surface area contributed by atoms with Gasteiger partial charge in [0, 0.05) is 66.0 Å². The molecule has 5 heterocycles. The fraction of sp³-hybridized carbons (Fsp3) is 0.588. The van der Waals surface area contributed by atoms with E-state index in [0.29, 0.717) is 40.7 Å². The van der Waals surface area contributed by atoms with Gasteiger partial charge in [0.05, 0.1) is 10.6 Å². The number of hydrogen-bond donors (Lipinski definition) is 2. The Bertz CT molecular complexity index is 1890. The summed E-state index contributed by atoms with van der Waals surface area (Å²) in [4.78, 5) is 13.9. The number of aryl methyl sites for hydroxylation is 3. The van der Waals surface area contributed by atoms with Crippen LogP contribution in [0.3, 0.4) is 0 Å². The predicted octanol–water partition coefficient (Wildman–Crippen LogP) is 6.14. The van der Waals surface area contributed by atoms with Gasteiger partial charge in [-0.2, -0.15) is 13.2 Å². The number of benzene rings is 1. The quantitative estimate of drug-likeness (QED) is 0.214. The lowest BCUT2D eigenvalue weighted by atomic mass is 10.0. The summed E-state index contributed by atoms with van der Waals surface area (Å²) in [5, 5.41) is 14.8. The van der Waals surface area contributed by atoms with E-state index in [1.54, 1.807) is 6.92 Å². The van der Waals surface area contributed by atoms with Crippen molar-refractivity contribution >= 4 is 48.1 Å². The normalized spacial score (nSPS) is 19.4. The van der Waals surface area contributed by atoms with E-state index in [-0.39, 0.29) is 16.2 Å². The van der Waals surface area contributed by atoms with E-state index in [9.17, 15) is 26.7 Å². The molecule has 2 N–H and O–H groups in total. The Morgan fingerprint density at radius 2 is 1.71 bits per heavy atom. The van der Waals surface area contributed by atoms with E-state index in [1.165, 1.54) is 40.0 Å². The fourth-order valence-electron chi connectivity index (χ4n) is 7.31. The Morgan fingerprint density at radius 3 is 2.35 bits per heavy atom. The number of nitrogens with zero attached hydrogens (tertiary/aromatic N) is 5. The Labute approximate surface area is 284 Å². The van der Waals surface area contributed by atoms with E-state index < -0.39 is 22.1 Å². The fourth-order valence-corrected chi connectivity index (χ4v) is 9.47. The number of piperidine rings is 2. The summed E-state index contributed by atoms with van der Waals surface area (Å²) in [7, 11) is -2.99. The molecule has 0 aliphatic carbocycles. The van der Waals surface area contributed by atoms with Crippen LogP contribution in [0.4, 0.5) is 19.0 Å². The highest BCUT2D eigenvalue weighted by Gasteiger charge is 2.41. The molecule has 262 valence electrons. The Hall–Kier alpha value is -2.78. The molecule has 2 aliphatic rings. The molecule has 2 aliphatic heterocycles. The first kappa shape index (κ1) is 35.1. The van der Waals surface area contributed by atoms with Crippen molar-refractivity contribution < 1.29 is 26.7 Å². The van der Waals surface area contributed by atoms with Gasteiger partial charge in [-0.05, 0) is 95.8 Å². The molecule has 0 spiro atoms. The van der Waals surface area contributed by atoms with Crippen molar-refractivity contribution in [2.24, 2.45) is 0 Å². The van der Waals surface area contributed by atoms with Crippen LogP contribution in [0.2, 0.25) is 0 Å². The minimum absolute atomic E-state index is 0.119. The van der Waals surface area contributed by atoms with Crippen LogP contribution in [0.25, 0.3) is 21.1 Å². The first-order valence-corrected chi connectivity index (χ1v) is 19.4. The third-order valence-corrected chi connectivity index (χ3v) is 13.0. The van der Waals surface area contributed by atoms with Gasteiger partial charge in [-0.25, -0.2) is 18.4 Å².